The van der Waals surface area contributed by atoms with Gasteiger partial charge in [-0.1, -0.05) is 119 Å². The lowest BCUT2D eigenvalue weighted by molar-refractivity contribution is 0.672. The van der Waals surface area contributed by atoms with Crippen LogP contribution >= 0.6 is 0 Å². The average molecular weight is 829 g/mol. The molecule has 0 atom stereocenters. The number of nitrogens with zero attached hydrogens (tertiary/aromatic N) is 1. The van der Waals surface area contributed by atoms with Crippen molar-refractivity contribution < 1.29 is 41.4 Å². The van der Waals surface area contributed by atoms with E-state index in [9.17, 15) is 21.9 Å². The first-order valence-corrected chi connectivity index (χ1v) is 19.6. The molecule has 0 radical (unpaired) electrons. The van der Waals surface area contributed by atoms with Gasteiger partial charge in [0.2, 0.25) is 0 Å². The fourth-order valence-electron chi connectivity index (χ4n) is 7.59. The molecule has 9 aromatic carbocycles. The second kappa shape index (κ2) is 15.4. The van der Waals surface area contributed by atoms with Gasteiger partial charge in [0.1, 0.15) is 11.2 Å². The predicted octanol–water partition coefficient (Wildman–Crippen LogP) is 17.3. The highest BCUT2D eigenvalue weighted by molar-refractivity contribution is 6.21. The third-order valence-corrected chi connectivity index (χ3v) is 10.5. The zero-order valence-corrected chi connectivity index (χ0v) is 34.9. The van der Waals surface area contributed by atoms with E-state index in [2.05, 4.69) is 0 Å². The Bertz CT molecular complexity index is 4730. The van der Waals surface area contributed by atoms with Gasteiger partial charge in [-0.15, -0.1) is 0 Å². The minimum Gasteiger partial charge on any atom is -0.455 e. The first-order chi connectivity index (χ1) is 41.4. The maximum absolute atomic E-state index is 10.5. The second-order valence-electron chi connectivity index (χ2n) is 15.0. The van der Waals surface area contributed by atoms with E-state index in [1.807, 2.05) is 0 Å². The van der Waals surface area contributed by atoms with Crippen molar-refractivity contribution in [2.75, 3.05) is 4.90 Å². The molecule has 0 unspecified atom stereocenters. The van der Waals surface area contributed by atoms with Crippen LogP contribution in [0.4, 0.5) is 17.1 Å². The molecule has 2 heteroatoms. The van der Waals surface area contributed by atoms with Crippen LogP contribution in [0.2, 0.25) is 0 Å². The topological polar surface area (TPSA) is 16.4 Å². The SMILES string of the molecule is [2H]c1c([2H])c([2H])c(-c2c([2H])c(-c3c([2H])c([2H])c(C)c([2H])c3[2H])c([2H])c(-c3c([2H])c4c(oc5c([2H])c(N(c6c([2H])c([2H])c(-c7c([2H])c([2H])c(C)c([2H])c7[2H])c([2H])c6[2H])c6c([2H])c([2H])c([2H])c(C)c6[2H])c([2H])c(C)c54)c4c([2H])c(C)c([2H])c(C)c34)c2C)c(C)c1[2H]. The second-order valence-corrected chi connectivity index (χ2v) is 15.0. The molecule has 0 aliphatic rings. The molecule has 10 aromatic rings. The Morgan fingerprint density at radius 2 is 0.968 bits per heavy atom. The third-order valence-electron chi connectivity index (χ3n) is 10.5. The lowest BCUT2D eigenvalue weighted by atomic mass is 9.84. The van der Waals surface area contributed by atoms with Crippen molar-refractivity contribution in [1.82, 2.24) is 0 Å². The van der Waals surface area contributed by atoms with Gasteiger partial charge in [0, 0.05) is 33.6 Å². The molecule has 1 heterocycles. The minimum absolute atomic E-state index is 0.0666. The Labute approximate surface area is 403 Å². The fraction of sp³-hybridized carbons (Fsp3) is 0.133. The van der Waals surface area contributed by atoms with Gasteiger partial charge in [0.25, 0.3) is 0 Å². The molecular formula is C60H51NO. The first-order valence-electron chi connectivity index (χ1n) is 33.1. The van der Waals surface area contributed by atoms with Gasteiger partial charge in [0.05, 0.1) is 42.7 Å². The standard InChI is InChI=1S/C60H51NO/c1-36-16-20-44(21-17-36)45-24-26-48(27-25-45)61(49-14-11-12-38(3)29-49)50-31-42(7)59-56-35-54(58-41(6)28-39(4)30-55(58)60(56)62-57(59)34-50)53-33-47(46-22-18-37(2)19-23-46)32-52(43(53)8)51-15-10-9-13-40(51)5/h9-35H,1-8H3/i9D,10D,11D,12D,13D,14D,15D,16D,17D,18D,19D,20D,21D,22D,23D,24D,25D,26D,27D,28D,29D,30D,31D,32D,33D,34D,35D. The van der Waals surface area contributed by atoms with E-state index in [-0.39, 0.29) is 106 Å². The Hall–Kier alpha value is -7.16. The Morgan fingerprint density at radius 3 is 1.66 bits per heavy atom. The van der Waals surface area contributed by atoms with Gasteiger partial charge in [-0.05, 0) is 187 Å². The van der Waals surface area contributed by atoms with E-state index in [1.165, 1.54) is 55.4 Å². The van der Waals surface area contributed by atoms with E-state index in [1.54, 1.807) is 0 Å². The fourth-order valence-corrected chi connectivity index (χ4v) is 7.59. The predicted molar refractivity (Wildman–Crippen MR) is 266 cm³/mol. The van der Waals surface area contributed by atoms with E-state index in [4.69, 9.17) is 19.5 Å². The molecule has 0 aliphatic carbocycles. The number of rotatable bonds is 7. The highest BCUT2D eigenvalue weighted by atomic mass is 16.3. The third kappa shape index (κ3) is 6.86. The van der Waals surface area contributed by atoms with Gasteiger partial charge < -0.3 is 9.32 Å². The number of benzene rings is 9. The molecule has 10 rings (SSSR count). The van der Waals surface area contributed by atoms with Crippen LogP contribution in [0.1, 0.15) is 81.5 Å². The smallest absolute Gasteiger partial charge is 0.143 e. The summed E-state index contributed by atoms with van der Waals surface area (Å²) in [7, 11) is 0. The summed E-state index contributed by atoms with van der Waals surface area (Å²) in [5.41, 5.74) is -7.01. The number of anilines is 3. The lowest BCUT2D eigenvalue weighted by Crippen LogP contribution is -2.10. The summed E-state index contributed by atoms with van der Waals surface area (Å²) in [6.45, 7) is 11.0. The monoisotopic (exact) mass is 829 g/mol. The van der Waals surface area contributed by atoms with Crippen LogP contribution in [0.15, 0.2) is 168 Å². The maximum Gasteiger partial charge on any atom is 0.143 e. The van der Waals surface area contributed by atoms with Gasteiger partial charge in [-0.25, -0.2) is 0 Å². The highest BCUT2D eigenvalue weighted by Crippen LogP contribution is 2.47. The highest BCUT2D eigenvalue weighted by Gasteiger charge is 2.23. The van der Waals surface area contributed by atoms with Gasteiger partial charge in [-0.2, -0.15) is 0 Å². The average Bonchev–Trinajstić information content (AvgIpc) is 1.67. The first kappa shape index (κ1) is 19.3. The Balaban J connectivity index is 1.43. The van der Waals surface area contributed by atoms with Crippen molar-refractivity contribution >= 4 is 49.8 Å². The van der Waals surface area contributed by atoms with Crippen LogP contribution in [0.5, 0.6) is 0 Å². The van der Waals surface area contributed by atoms with E-state index in [0.29, 0.717) is 4.90 Å². The van der Waals surface area contributed by atoms with E-state index >= 15 is 0 Å². The van der Waals surface area contributed by atoms with Crippen molar-refractivity contribution in [3.8, 4) is 44.5 Å². The van der Waals surface area contributed by atoms with E-state index in [0.717, 1.165) is 0 Å². The summed E-state index contributed by atoms with van der Waals surface area (Å²) in [6.07, 6.45) is 0. The summed E-state index contributed by atoms with van der Waals surface area (Å²) in [6, 6.07) is -18.2. The zero-order chi connectivity index (χ0) is 66.3. The number of furan rings is 1. The van der Waals surface area contributed by atoms with Crippen LogP contribution in [-0.4, -0.2) is 0 Å². The van der Waals surface area contributed by atoms with Gasteiger partial charge >= 0.3 is 0 Å². The molecule has 2 nitrogen and oxygen atoms in total. The van der Waals surface area contributed by atoms with Crippen molar-refractivity contribution in [2.24, 2.45) is 0 Å². The van der Waals surface area contributed by atoms with Crippen LogP contribution in [0.3, 0.4) is 0 Å². The van der Waals surface area contributed by atoms with Gasteiger partial charge in [-0.3, -0.25) is 0 Å². The molecular weight excluding hydrogens is 751 g/mol. The number of hydrogen-bond acceptors (Lipinski definition) is 2. The summed E-state index contributed by atoms with van der Waals surface area (Å²) in [5, 5.41) is -0.658. The molecule has 0 bridgehead atoms. The minimum atomic E-state index is -1.00. The molecule has 0 aliphatic heterocycles. The van der Waals surface area contributed by atoms with E-state index < -0.39 is 196 Å². The van der Waals surface area contributed by atoms with Crippen LogP contribution in [-0.2, 0) is 0 Å². The zero-order valence-electron chi connectivity index (χ0n) is 61.9. The van der Waals surface area contributed by atoms with Crippen molar-refractivity contribution in [2.45, 2.75) is 55.4 Å². The van der Waals surface area contributed by atoms with Gasteiger partial charge in [0.15, 0.2) is 0 Å². The summed E-state index contributed by atoms with van der Waals surface area (Å²) in [4.78, 5) is 0.716. The van der Waals surface area contributed by atoms with Crippen LogP contribution in [0.25, 0.3) is 77.2 Å². The van der Waals surface area contributed by atoms with Crippen molar-refractivity contribution in [3.63, 3.8) is 0 Å². The molecule has 62 heavy (non-hydrogen) atoms. The molecule has 1 aromatic heterocycles. The number of hydrogen-bond donors (Lipinski definition) is 0. The Kier molecular flexibility index (Phi) is 4.78. The molecule has 0 saturated carbocycles. The molecule has 302 valence electrons. The molecule has 0 amide bonds. The number of aryl methyl sites for hydroxylation is 2. The normalized spacial score (nSPS) is 17.6. The van der Waals surface area contributed by atoms with Crippen LogP contribution in [0, 0.1) is 55.4 Å². The van der Waals surface area contributed by atoms with Crippen molar-refractivity contribution in [1.29, 1.82) is 0 Å². The lowest BCUT2D eigenvalue weighted by Gasteiger charge is -2.26. The quantitative estimate of drug-likeness (QED) is 0.159. The summed E-state index contributed by atoms with van der Waals surface area (Å²) >= 11 is 0. The molecule has 0 fully saturated rings. The largest absolute Gasteiger partial charge is 0.455 e. The summed E-state index contributed by atoms with van der Waals surface area (Å²) < 4.78 is 257. The summed E-state index contributed by atoms with van der Waals surface area (Å²) in [5.74, 6) is 0. The Morgan fingerprint density at radius 1 is 0.371 bits per heavy atom. The molecule has 0 spiro atoms. The van der Waals surface area contributed by atoms with Crippen LogP contribution < -0.4 is 4.90 Å². The molecule has 0 N–H and O–H groups in total. The molecule has 0 saturated heterocycles. The van der Waals surface area contributed by atoms with Crippen molar-refractivity contribution in [3.05, 3.63) is 208 Å². The number of fused-ring (bicyclic) bond motifs is 5. The maximum atomic E-state index is 10.5.